The minimum atomic E-state index is 0.350. The van der Waals surface area contributed by atoms with E-state index in [0.29, 0.717) is 6.04 Å². The zero-order valence-electron chi connectivity index (χ0n) is 21.2. The van der Waals surface area contributed by atoms with Crippen LogP contribution in [-0.4, -0.2) is 63.8 Å². The third kappa shape index (κ3) is 5.25. The van der Waals surface area contributed by atoms with Crippen molar-refractivity contribution in [2.45, 2.75) is 64.1 Å². The van der Waals surface area contributed by atoms with Gasteiger partial charge in [0.15, 0.2) is 0 Å². The van der Waals surface area contributed by atoms with Gasteiger partial charge in [0.1, 0.15) is 5.82 Å². The molecule has 2 fully saturated rings. The Morgan fingerprint density at radius 1 is 0.972 bits per heavy atom. The second kappa shape index (κ2) is 11.0. The molecule has 0 radical (unpaired) electrons. The molecule has 190 valence electrons. The predicted octanol–water partition coefficient (Wildman–Crippen LogP) is 3.97. The van der Waals surface area contributed by atoms with E-state index in [0.717, 1.165) is 76.1 Å². The number of H-pyrrole nitrogens is 1. The van der Waals surface area contributed by atoms with Gasteiger partial charge in [-0.15, -0.1) is 0 Å². The topological polar surface area (TPSA) is 85.0 Å². The fraction of sp³-hybridized carbons (Fsp3) is 0.536. The SMILES string of the molecule is c1ccc(-c2[nH]ncc2CN2CCCC(Nc3nc4c(c(N5CCCCCC5)n3)CNCC4)C2)cc1. The van der Waals surface area contributed by atoms with Crippen LogP contribution in [-0.2, 0) is 19.5 Å². The van der Waals surface area contributed by atoms with Crippen molar-refractivity contribution >= 4 is 11.8 Å². The first kappa shape index (κ1) is 23.4. The van der Waals surface area contributed by atoms with E-state index in [4.69, 9.17) is 9.97 Å². The maximum Gasteiger partial charge on any atom is 0.225 e. The van der Waals surface area contributed by atoms with E-state index in [1.165, 1.54) is 54.5 Å². The normalized spacial score (nSPS) is 21.1. The number of nitrogens with one attached hydrogen (secondary N) is 3. The number of hydrogen-bond acceptors (Lipinski definition) is 7. The maximum absolute atomic E-state index is 5.13. The highest BCUT2D eigenvalue weighted by atomic mass is 15.3. The maximum atomic E-state index is 5.13. The lowest BCUT2D eigenvalue weighted by Gasteiger charge is -2.34. The summed E-state index contributed by atoms with van der Waals surface area (Å²) < 4.78 is 0. The van der Waals surface area contributed by atoms with E-state index in [9.17, 15) is 0 Å². The van der Waals surface area contributed by atoms with Gasteiger partial charge >= 0.3 is 0 Å². The number of fused-ring (bicyclic) bond motifs is 1. The summed E-state index contributed by atoms with van der Waals surface area (Å²) in [5.41, 5.74) is 6.10. The summed E-state index contributed by atoms with van der Waals surface area (Å²) in [7, 11) is 0. The van der Waals surface area contributed by atoms with Gasteiger partial charge in [-0.05, 0) is 37.8 Å². The van der Waals surface area contributed by atoms with Crippen molar-refractivity contribution in [2.75, 3.05) is 42.9 Å². The zero-order chi connectivity index (χ0) is 24.2. The average Bonchev–Trinajstić information content (AvgIpc) is 3.20. The Hall–Kier alpha value is -2.97. The summed E-state index contributed by atoms with van der Waals surface area (Å²) in [6, 6.07) is 10.8. The summed E-state index contributed by atoms with van der Waals surface area (Å²) in [5.74, 6) is 1.98. The second-order valence-corrected chi connectivity index (χ2v) is 10.5. The first-order valence-electron chi connectivity index (χ1n) is 13.8. The number of likely N-dealkylation sites (tertiary alicyclic amines) is 1. The Bertz CT molecular complexity index is 1140. The van der Waals surface area contributed by atoms with Crippen LogP contribution >= 0.6 is 0 Å². The quantitative estimate of drug-likeness (QED) is 0.486. The fourth-order valence-corrected chi connectivity index (χ4v) is 5.96. The Morgan fingerprint density at radius 2 is 1.83 bits per heavy atom. The lowest BCUT2D eigenvalue weighted by atomic mass is 10.0. The molecule has 0 bridgehead atoms. The van der Waals surface area contributed by atoms with Crippen LogP contribution in [0.2, 0.25) is 0 Å². The molecule has 0 aliphatic carbocycles. The number of rotatable bonds is 6. The number of anilines is 2. The predicted molar refractivity (Wildman–Crippen MR) is 144 cm³/mol. The van der Waals surface area contributed by atoms with E-state index < -0.39 is 0 Å². The molecule has 1 aromatic carbocycles. The van der Waals surface area contributed by atoms with E-state index in [-0.39, 0.29) is 0 Å². The van der Waals surface area contributed by atoms with Gasteiger partial charge < -0.3 is 15.5 Å². The van der Waals surface area contributed by atoms with Gasteiger partial charge in [-0.2, -0.15) is 10.1 Å². The summed E-state index contributed by atoms with van der Waals surface area (Å²) in [5, 5.41) is 14.9. The van der Waals surface area contributed by atoms with Crippen LogP contribution in [0.3, 0.4) is 0 Å². The van der Waals surface area contributed by atoms with Crippen LogP contribution in [0.15, 0.2) is 36.5 Å². The molecule has 0 saturated carbocycles. The molecule has 36 heavy (non-hydrogen) atoms. The largest absolute Gasteiger partial charge is 0.356 e. The monoisotopic (exact) mass is 486 g/mol. The molecule has 6 rings (SSSR count). The molecule has 8 nitrogen and oxygen atoms in total. The standard InChI is InChI=1S/C28H38N8/c1-2-7-16-36(15-6-1)27-24-18-29-13-12-25(24)32-28(33-27)31-23-11-8-14-35(20-23)19-22-17-30-34-26(22)21-9-4-3-5-10-21/h3-5,9-10,17,23,29H,1-2,6-8,11-16,18-20H2,(H,30,34)(H,31,32,33). The van der Waals surface area contributed by atoms with Gasteiger partial charge in [-0.1, -0.05) is 43.2 Å². The molecule has 1 unspecified atom stereocenters. The molecule has 3 N–H and O–H groups in total. The number of hydrogen-bond donors (Lipinski definition) is 3. The molecule has 2 aromatic heterocycles. The van der Waals surface area contributed by atoms with Gasteiger partial charge in [-0.25, -0.2) is 4.98 Å². The minimum absolute atomic E-state index is 0.350. The molecular weight excluding hydrogens is 448 g/mol. The number of aromatic nitrogens is 4. The summed E-state index contributed by atoms with van der Waals surface area (Å²) >= 11 is 0. The highest BCUT2D eigenvalue weighted by molar-refractivity contribution is 5.62. The molecular formula is C28H38N8. The lowest BCUT2D eigenvalue weighted by molar-refractivity contribution is 0.208. The van der Waals surface area contributed by atoms with Crippen molar-refractivity contribution in [3.05, 3.63) is 53.3 Å². The first-order valence-corrected chi connectivity index (χ1v) is 13.8. The molecule has 1 atom stereocenters. The second-order valence-electron chi connectivity index (χ2n) is 10.5. The molecule has 3 aliphatic rings. The Morgan fingerprint density at radius 3 is 2.69 bits per heavy atom. The highest BCUT2D eigenvalue weighted by Crippen LogP contribution is 2.28. The molecule has 0 amide bonds. The number of benzene rings is 1. The minimum Gasteiger partial charge on any atom is -0.356 e. The smallest absolute Gasteiger partial charge is 0.225 e. The van der Waals surface area contributed by atoms with E-state index >= 15 is 0 Å². The highest BCUT2D eigenvalue weighted by Gasteiger charge is 2.25. The van der Waals surface area contributed by atoms with Crippen molar-refractivity contribution in [2.24, 2.45) is 0 Å². The number of piperidine rings is 1. The zero-order valence-corrected chi connectivity index (χ0v) is 21.2. The first-order chi connectivity index (χ1) is 17.8. The van der Waals surface area contributed by atoms with Crippen molar-refractivity contribution in [1.29, 1.82) is 0 Å². The Labute approximate surface area is 213 Å². The lowest BCUT2D eigenvalue weighted by Crippen LogP contribution is -2.42. The van der Waals surface area contributed by atoms with Crippen LogP contribution in [0.1, 0.15) is 55.3 Å². The average molecular weight is 487 g/mol. The van der Waals surface area contributed by atoms with Gasteiger partial charge in [0, 0.05) is 62.9 Å². The molecule has 2 saturated heterocycles. The molecule has 0 spiro atoms. The van der Waals surface area contributed by atoms with Crippen LogP contribution in [0, 0.1) is 0 Å². The third-order valence-corrected chi connectivity index (χ3v) is 7.83. The van der Waals surface area contributed by atoms with Crippen molar-refractivity contribution < 1.29 is 0 Å². The molecule has 3 aliphatic heterocycles. The van der Waals surface area contributed by atoms with Crippen LogP contribution in [0.5, 0.6) is 0 Å². The van der Waals surface area contributed by atoms with Gasteiger partial charge in [-0.3, -0.25) is 10.00 Å². The number of aromatic amines is 1. The van der Waals surface area contributed by atoms with Crippen molar-refractivity contribution in [3.63, 3.8) is 0 Å². The molecule has 3 aromatic rings. The van der Waals surface area contributed by atoms with Crippen molar-refractivity contribution in [1.82, 2.24) is 30.4 Å². The summed E-state index contributed by atoms with van der Waals surface area (Å²) in [6.07, 6.45) is 10.4. The molecule has 8 heteroatoms. The van der Waals surface area contributed by atoms with Gasteiger partial charge in [0.25, 0.3) is 0 Å². The third-order valence-electron chi connectivity index (χ3n) is 7.83. The van der Waals surface area contributed by atoms with E-state index in [1.54, 1.807) is 0 Å². The van der Waals surface area contributed by atoms with Crippen molar-refractivity contribution in [3.8, 4) is 11.3 Å². The summed E-state index contributed by atoms with van der Waals surface area (Å²) in [4.78, 5) is 15.2. The van der Waals surface area contributed by atoms with Crippen LogP contribution in [0.4, 0.5) is 11.8 Å². The van der Waals surface area contributed by atoms with Gasteiger partial charge in [0.05, 0.1) is 17.6 Å². The van der Waals surface area contributed by atoms with Crippen LogP contribution < -0.4 is 15.5 Å². The summed E-state index contributed by atoms with van der Waals surface area (Å²) in [6.45, 7) is 7.08. The fourth-order valence-electron chi connectivity index (χ4n) is 5.96. The van der Waals surface area contributed by atoms with E-state index in [2.05, 4.69) is 61.0 Å². The number of nitrogens with zero attached hydrogens (tertiary/aromatic N) is 5. The Balaban J connectivity index is 1.17. The van der Waals surface area contributed by atoms with Gasteiger partial charge in [0.2, 0.25) is 5.95 Å². The van der Waals surface area contributed by atoms with Crippen LogP contribution in [0.25, 0.3) is 11.3 Å². The van der Waals surface area contributed by atoms with E-state index in [1.807, 2.05) is 6.20 Å². The molecule has 5 heterocycles. The Kier molecular flexibility index (Phi) is 7.14.